The van der Waals surface area contributed by atoms with Gasteiger partial charge in [-0.1, -0.05) is 35.4 Å². The molecule has 0 saturated carbocycles. The summed E-state index contributed by atoms with van der Waals surface area (Å²) in [7, 11) is 0. The fourth-order valence-corrected chi connectivity index (χ4v) is 2.35. The van der Waals surface area contributed by atoms with Crippen LogP contribution in [0.15, 0.2) is 35.4 Å². The summed E-state index contributed by atoms with van der Waals surface area (Å²) in [6, 6.07) is 8.24. The van der Waals surface area contributed by atoms with Crippen molar-refractivity contribution in [3.8, 4) is 0 Å². The predicted molar refractivity (Wildman–Crippen MR) is 103 cm³/mol. The van der Waals surface area contributed by atoms with Crippen LogP contribution in [0.3, 0.4) is 0 Å². The standard InChI is InChI=1S/C19H29N5O3/c1-19(2,3)27-13-15(20)18(26)23-16(12-14-8-5-4-6-9-14)17(25)10-7-11-22-24-21/h4-6,8-9,15-16H,7,10-13,20H2,1-3H3,(H,23,26)/p+1/t15-,16-/m0/s1. The lowest BCUT2D eigenvalue weighted by molar-refractivity contribution is -0.413. The molecule has 4 N–H and O–H groups in total. The second kappa shape index (κ2) is 11.3. The highest BCUT2D eigenvalue weighted by Gasteiger charge is 2.26. The minimum atomic E-state index is -0.648. The Morgan fingerprint density at radius 2 is 1.96 bits per heavy atom. The first-order chi connectivity index (χ1) is 12.7. The average Bonchev–Trinajstić information content (AvgIpc) is 2.62. The largest absolute Gasteiger partial charge is 0.369 e. The van der Waals surface area contributed by atoms with Crippen LogP contribution in [0.2, 0.25) is 0 Å². The molecule has 0 unspecified atom stereocenters. The van der Waals surface area contributed by atoms with Gasteiger partial charge >= 0.3 is 0 Å². The van der Waals surface area contributed by atoms with Gasteiger partial charge in [0.15, 0.2) is 11.8 Å². The number of ketones is 1. The number of hydrogen-bond acceptors (Lipinski definition) is 4. The van der Waals surface area contributed by atoms with Crippen LogP contribution < -0.4 is 11.1 Å². The quantitative estimate of drug-likeness (QED) is 0.264. The van der Waals surface area contributed by atoms with Gasteiger partial charge in [0.1, 0.15) is 6.61 Å². The van der Waals surface area contributed by atoms with Crippen molar-refractivity contribution in [3.05, 3.63) is 46.3 Å². The van der Waals surface area contributed by atoms with Crippen LogP contribution in [-0.2, 0) is 20.7 Å². The monoisotopic (exact) mass is 376 g/mol. The average molecular weight is 376 g/mol. The summed E-state index contributed by atoms with van der Waals surface area (Å²) in [6.07, 6.45) is 1.09. The lowest BCUT2D eigenvalue weighted by Crippen LogP contribution is -2.71. The first-order valence-electron chi connectivity index (χ1n) is 9.08. The van der Waals surface area contributed by atoms with Gasteiger partial charge in [0, 0.05) is 17.9 Å². The molecule has 0 bridgehead atoms. The van der Waals surface area contributed by atoms with Crippen LogP contribution >= 0.6 is 0 Å². The molecule has 0 heterocycles. The van der Waals surface area contributed by atoms with Crippen LogP contribution in [0.4, 0.5) is 0 Å². The lowest BCUT2D eigenvalue weighted by atomic mass is 9.99. The summed E-state index contributed by atoms with van der Waals surface area (Å²) in [5, 5.41) is 6.25. The van der Waals surface area contributed by atoms with Gasteiger partial charge in [-0.25, -0.2) is 0 Å². The molecule has 0 saturated heterocycles. The number of benzene rings is 1. The number of nitrogens with one attached hydrogen (secondary N) is 1. The molecule has 1 amide bonds. The summed E-state index contributed by atoms with van der Waals surface area (Å²) >= 11 is 0. The van der Waals surface area contributed by atoms with Gasteiger partial charge in [0.25, 0.3) is 5.91 Å². The van der Waals surface area contributed by atoms with Crippen molar-refractivity contribution < 1.29 is 20.1 Å². The minimum Gasteiger partial charge on any atom is -0.369 e. The number of nitrogens with zero attached hydrogens (tertiary/aromatic N) is 3. The highest BCUT2D eigenvalue weighted by molar-refractivity contribution is 5.90. The van der Waals surface area contributed by atoms with Gasteiger partial charge in [-0.2, -0.15) is 0 Å². The fourth-order valence-electron chi connectivity index (χ4n) is 2.35. The number of amides is 1. The third kappa shape index (κ3) is 9.75. The summed E-state index contributed by atoms with van der Waals surface area (Å²) in [6.45, 7) is 6.15. The summed E-state index contributed by atoms with van der Waals surface area (Å²) in [5.74, 6) is -0.409. The Balaban J connectivity index is 2.72. The molecule has 0 aliphatic carbocycles. The van der Waals surface area contributed by atoms with E-state index in [1.54, 1.807) is 0 Å². The molecule has 0 spiro atoms. The number of quaternary nitrogens is 1. The molecule has 2 atom stereocenters. The maximum Gasteiger partial charge on any atom is 0.281 e. The van der Waals surface area contributed by atoms with Gasteiger partial charge in [-0.05, 0) is 44.7 Å². The van der Waals surface area contributed by atoms with E-state index in [4.69, 9.17) is 10.3 Å². The Kier molecular flexibility index (Phi) is 9.50. The van der Waals surface area contributed by atoms with E-state index in [1.807, 2.05) is 51.1 Å². The van der Waals surface area contributed by atoms with E-state index >= 15 is 0 Å². The Bertz CT molecular complexity index is 651. The lowest BCUT2D eigenvalue weighted by Gasteiger charge is -2.22. The molecule has 1 rings (SSSR count). The highest BCUT2D eigenvalue weighted by atomic mass is 16.5. The number of ether oxygens (including phenoxy) is 1. The van der Waals surface area contributed by atoms with Crippen LogP contribution in [-0.4, -0.2) is 42.5 Å². The Morgan fingerprint density at radius 1 is 1.30 bits per heavy atom. The van der Waals surface area contributed by atoms with Crippen molar-refractivity contribution in [3.63, 3.8) is 0 Å². The van der Waals surface area contributed by atoms with Crippen molar-refractivity contribution in [2.75, 3.05) is 13.2 Å². The van der Waals surface area contributed by atoms with E-state index in [-0.39, 0.29) is 36.9 Å². The molecule has 0 aliphatic rings. The maximum atomic E-state index is 12.6. The van der Waals surface area contributed by atoms with E-state index in [9.17, 15) is 9.59 Å². The molecular weight excluding hydrogens is 346 g/mol. The molecule has 0 fully saturated rings. The van der Waals surface area contributed by atoms with Crippen molar-refractivity contribution >= 4 is 11.7 Å². The van der Waals surface area contributed by atoms with E-state index in [0.717, 1.165) is 5.56 Å². The zero-order chi connectivity index (χ0) is 20.3. The first-order valence-corrected chi connectivity index (χ1v) is 9.08. The molecule has 0 aromatic heterocycles. The van der Waals surface area contributed by atoms with E-state index in [2.05, 4.69) is 21.1 Å². The van der Waals surface area contributed by atoms with E-state index in [1.165, 1.54) is 0 Å². The summed E-state index contributed by atoms with van der Waals surface area (Å²) < 4.78 is 5.61. The number of carbonyl (C=O) groups is 2. The van der Waals surface area contributed by atoms with Crippen molar-refractivity contribution in [2.45, 2.75) is 57.7 Å². The van der Waals surface area contributed by atoms with Gasteiger partial charge in [-0.15, -0.1) is 0 Å². The minimum absolute atomic E-state index is 0.0933. The first kappa shape index (κ1) is 22.6. The maximum absolute atomic E-state index is 12.6. The molecule has 148 valence electrons. The van der Waals surface area contributed by atoms with Crippen molar-refractivity contribution in [2.24, 2.45) is 5.11 Å². The van der Waals surface area contributed by atoms with Gasteiger partial charge < -0.3 is 15.8 Å². The van der Waals surface area contributed by atoms with Crippen LogP contribution in [0, 0.1) is 0 Å². The SMILES string of the molecule is CC(C)(C)OC[C@H]([NH3+])C(=O)N[C@@H](Cc1ccccc1)C(=O)CCCN=[N+]=[N-]. The zero-order valence-corrected chi connectivity index (χ0v) is 16.4. The number of hydrogen-bond donors (Lipinski definition) is 2. The number of azide groups is 1. The summed E-state index contributed by atoms with van der Waals surface area (Å²) in [4.78, 5) is 27.7. The fraction of sp³-hybridized carbons (Fsp3) is 0.579. The van der Waals surface area contributed by atoms with E-state index < -0.39 is 12.1 Å². The molecule has 8 heteroatoms. The second-order valence-corrected chi connectivity index (χ2v) is 7.40. The molecule has 8 nitrogen and oxygen atoms in total. The molecule has 27 heavy (non-hydrogen) atoms. The Labute approximate surface area is 160 Å². The molecule has 1 aromatic rings. The summed E-state index contributed by atoms with van der Waals surface area (Å²) in [5.41, 5.74) is 12.8. The Morgan fingerprint density at radius 3 is 2.56 bits per heavy atom. The Hall–Kier alpha value is -2.41. The topological polar surface area (TPSA) is 132 Å². The van der Waals surface area contributed by atoms with Gasteiger partial charge in [-0.3, -0.25) is 9.59 Å². The van der Waals surface area contributed by atoms with Gasteiger partial charge in [0.05, 0.1) is 11.6 Å². The second-order valence-electron chi connectivity index (χ2n) is 7.40. The smallest absolute Gasteiger partial charge is 0.281 e. The molecule has 0 radical (unpaired) electrons. The van der Waals surface area contributed by atoms with Gasteiger partial charge in [0.2, 0.25) is 0 Å². The van der Waals surface area contributed by atoms with Crippen LogP contribution in [0.1, 0.15) is 39.2 Å². The number of rotatable bonds is 11. The normalized spacial score (nSPS) is 13.3. The number of carbonyl (C=O) groups excluding carboxylic acids is 2. The predicted octanol–water partition coefficient (Wildman–Crippen LogP) is 1.80. The third-order valence-corrected chi connectivity index (χ3v) is 3.82. The van der Waals surface area contributed by atoms with Crippen molar-refractivity contribution in [1.29, 1.82) is 0 Å². The number of Topliss-reactive ketones (excluding diaryl/α,β-unsaturated/α-hetero) is 1. The molecular formula is C19H30N5O3+. The highest BCUT2D eigenvalue weighted by Crippen LogP contribution is 2.09. The molecule has 0 aliphatic heterocycles. The zero-order valence-electron chi connectivity index (χ0n) is 16.4. The third-order valence-electron chi connectivity index (χ3n) is 3.82. The van der Waals surface area contributed by atoms with Crippen LogP contribution in [0.5, 0.6) is 0 Å². The van der Waals surface area contributed by atoms with E-state index in [0.29, 0.717) is 12.8 Å². The molecule has 1 aromatic carbocycles. The van der Waals surface area contributed by atoms with Crippen molar-refractivity contribution in [1.82, 2.24) is 5.32 Å². The van der Waals surface area contributed by atoms with Crippen LogP contribution in [0.25, 0.3) is 10.4 Å².